The number of aromatic amines is 1. The summed E-state index contributed by atoms with van der Waals surface area (Å²) in [5.74, 6) is 0.283. The molecule has 3 rings (SSSR count). The van der Waals surface area contributed by atoms with Gasteiger partial charge in [-0.2, -0.15) is 0 Å². The number of aliphatic hydroxyl groups is 1. The molecule has 0 bridgehead atoms. The SMILES string of the molecule is CC1CCN(C(=O)c2ccc3[nH]ccc3c2)CC1O. The van der Waals surface area contributed by atoms with Gasteiger partial charge in [-0.3, -0.25) is 4.79 Å². The summed E-state index contributed by atoms with van der Waals surface area (Å²) < 4.78 is 0. The average Bonchev–Trinajstić information content (AvgIpc) is 2.88. The number of H-pyrrole nitrogens is 1. The van der Waals surface area contributed by atoms with Crippen molar-refractivity contribution >= 4 is 16.8 Å². The predicted octanol–water partition coefficient (Wildman–Crippen LogP) is 2.01. The Labute approximate surface area is 112 Å². The van der Waals surface area contributed by atoms with Gasteiger partial charge in [0.2, 0.25) is 0 Å². The van der Waals surface area contributed by atoms with Crippen LogP contribution >= 0.6 is 0 Å². The van der Waals surface area contributed by atoms with Crippen LogP contribution in [-0.2, 0) is 0 Å². The van der Waals surface area contributed by atoms with Crippen LogP contribution in [0.5, 0.6) is 0 Å². The van der Waals surface area contributed by atoms with E-state index in [0.29, 0.717) is 12.1 Å². The number of hydrogen-bond acceptors (Lipinski definition) is 2. The fraction of sp³-hybridized carbons (Fsp3) is 0.400. The van der Waals surface area contributed by atoms with Gasteiger partial charge in [-0.25, -0.2) is 0 Å². The van der Waals surface area contributed by atoms with Crippen LogP contribution in [-0.4, -0.2) is 40.1 Å². The number of likely N-dealkylation sites (tertiary alicyclic amines) is 1. The number of rotatable bonds is 1. The summed E-state index contributed by atoms with van der Waals surface area (Å²) in [6.07, 6.45) is 2.32. The maximum absolute atomic E-state index is 12.4. The summed E-state index contributed by atoms with van der Waals surface area (Å²) in [5.41, 5.74) is 1.72. The molecule has 4 heteroatoms. The smallest absolute Gasteiger partial charge is 0.253 e. The lowest BCUT2D eigenvalue weighted by Gasteiger charge is -2.34. The van der Waals surface area contributed by atoms with Crippen LogP contribution in [0.4, 0.5) is 0 Å². The number of benzene rings is 1. The molecule has 19 heavy (non-hydrogen) atoms. The van der Waals surface area contributed by atoms with Crippen LogP contribution in [0.1, 0.15) is 23.7 Å². The van der Waals surface area contributed by atoms with Crippen molar-refractivity contribution in [3.8, 4) is 0 Å². The number of aromatic nitrogens is 1. The number of carbonyl (C=O) groups excluding carboxylic acids is 1. The van der Waals surface area contributed by atoms with Crippen molar-refractivity contribution in [2.75, 3.05) is 13.1 Å². The van der Waals surface area contributed by atoms with Gasteiger partial charge in [-0.1, -0.05) is 6.92 Å². The third kappa shape index (κ3) is 2.24. The summed E-state index contributed by atoms with van der Waals surface area (Å²) >= 11 is 0. The Kier molecular flexibility index (Phi) is 3.03. The molecule has 4 nitrogen and oxygen atoms in total. The number of hydrogen-bond donors (Lipinski definition) is 2. The molecule has 2 N–H and O–H groups in total. The first-order valence-electron chi connectivity index (χ1n) is 6.69. The zero-order valence-electron chi connectivity index (χ0n) is 11.0. The molecule has 0 aliphatic carbocycles. The molecular formula is C15H18N2O2. The maximum atomic E-state index is 12.4. The molecule has 2 aromatic rings. The molecule has 2 heterocycles. The Balaban J connectivity index is 1.83. The molecule has 2 unspecified atom stereocenters. The van der Waals surface area contributed by atoms with Crippen molar-refractivity contribution in [1.82, 2.24) is 9.88 Å². The van der Waals surface area contributed by atoms with Gasteiger partial charge in [-0.05, 0) is 36.6 Å². The van der Waals surface area contributed by atoms with Crippen LogP contribution in [0, 0.1) is 5.92 Å². The van der Waals surface area contributed by atoms with E-state index in [2.05, 4.69) is 4.98 Å². The van der Waals surface area contributed by atoms with Gasteiger partial charge in [0.15, 0.2) is 0 Å². The van der Waals surface area contributed by atoms with Crippen LogP contribution in [0.15, 0.2) is 30.5 Å². The van der Waals surface area contributed by atoms with Gasteiger partial charge >= 0.3 is 0 Å². The molecule has 1 aromatic carbocycles. The molecule has 0 radical (unpaired) electrons. The normalized spacial score (nSPS) is 23.8. The van der Waals surface area contributed by atoms with Gasteiger partial charge in [-0.15, -0.1) is 0 Å². The molecule has 1 amide bonds. The molecule has 1 aliphatic heterocycles. The van der Waals surface area contributed by atoms with Gasteiger partial charge in [0, 0.05) is 35.8 Å². The minimum atomic E-state index is -0.409. The second kappa shape index (κ2) is 4.70. The zero-order valence-corrected chi connectivity index (χ0v) is 11.0. The lowest BCUT2D eigenvalue weighted by molar-refractivity contribution is 0.0249. The number of fused-ring (bicyclic) bond motifs is 1. The first-order valence-corrected chi connectivity index (χ1v) is 6.69. The standard InChI is InChI=1S/C15H18N2O2/c1-10-5-7-17(9-14(10)18)15(19)12-2-3-13-11(8-12)4-6-16-13/h2-4,6,8,10,14,16,18H,5,7,9H2,1H3. The largest absolute Gasteiger partial charge is 0.391 e. The number of nitrogens with zero attached hydrogens (tertiary/aromatic N) is 1. The molecule has 1 saturated heterocycles. The molecule has 2 atom stereocenters. The van der Waals surface area contributed by atoms with Gasteiger partial charge < -0.3 is 15.0 Å². The molecule has 1 fully saturated rings. The third-order valence-electron chi connectivity index (χ3n) is 4.01. The number of piperidine rings is 1. The van der Waals surface area contributed by atoms with Gasteiger partial charge in [0.1, 0.15) is 0 Å². The van der Waals surface area contributed by atoms with E-state index in [0.717, 1.165) is 23.9 Å². The summed E-state index contributed by atoms with van der Waals surface area (Å²) in [7, 11) is 0. The summed E-state index contributed by atoms with van der Waals surface area (Å²) in [4.78, 5) is 17.3. The molecule has 1 aromatic heterocycles. The van der Waals surface area contributed by atoms with E-state index in [9.17, 15) is 9.90 Å². The number of β-amino-alcohol motifs (C(OH)–C–C–N with tert-alkyl or cyclic N) is 1. The Morgan fingerprint density at radius 3 is 3.05 bits per heavy atom. The Bertz CT molecular complexity index is 605. The fourth-order valence-electron chi connectivity index (χ4n) is 2.60. The van der Waals surface area contributed by atoms with Crippen molar-refractivity contribution in [3.63, 3.8) is 0 Å². The first-order chi connectivity index (χ1) is 9.15. The van der Waals surface area contributed by atoms with Crippen LogP contribution < -0.4 is 0 Å². The van der Waals surface area contributed by atoms with Crippen molar-refractivity contribution in [2.45, 2.75) is 19.4 Å². The summed E-state index contributed by atoms with van der Waals surface area (Å²) in [6, 6.07) is 7.62. The highest BCUT2D eigenvalue weighted by Crippen LogP contribution is 2.20. The number of nitrogens with one attached hydrogen (secondary N) is 1. The zero-order chi connectivity index (χ0) is 13.4. The minimum Gasteiger partial charge on any atom is -0.391 e. The van der Waals surface area contributed by atoms with Crippen molar-refractivity contribution < 1.29 is 9.90 Å². The van der Waals surface area contributed by atoms with Crippen molar-refractivity contribution in [2.24, 2.45) is 5.92 Å². The lowest BCUT2D eigenvalue weighted by Crippen LogP contribution is -2.45. The molecular weight excluding hydrogens is 240 g/mol. The van der Waals surface area contributed by atoms with Crippen LogP contribution in [0.25, 0.3) is 10.9 Å². The van der Waals surface area contributed by atoms with E-state index in [1.54, 1.807) is 4.90 Å². The van der Waals surface area contributed by atoms with Gasteiger partial charge in [0.05, 0.1) is 6.10 Å². The van der Waals surface area contributed by atoms with E-state index >= 15 is 0 Å². The second-order valence-corrected chi connectivity index (χ2v) is 5.36. The van der Waals surface area contributed by atoms with Crippen LogP contribution in [0.3, 0.4) is 0 Å². The molecule has 0 spiro atoms. The monoisotopic (exact) mass is 258 g/mol. The fourth-order valence-corrected chi connectivity index (χ4v) is 2.60. The second-order valence-electron chi connectivity index (χ2n) is 5.36. The van der Waals surface area contributed by atoms with Gasteiger partial charge in [0.25, 0.3) is 5.91 Å². The van der Waals surface area contributed by atoms with Crippen molar-refractivity contribution in [1.29, 1.82) is 0 Å². The van der Waals surface area contributed by atoms with Crippen molar-refractivity contribution in [3.05, 3.63) is 36.0 Å². The van der Waals surface area contributed by atoms with E-state index in [4.69, 9.17) is 0 Å². The summed E-state index contributed by atoms with van der Waals surface area (Å²) in [5, 5.41) is 10.9. The number of amides is 1. The summed E-state index contributed by atoms with van der Waals surface area (Å²) in [6.45, 7) is 3.19. The number of aliphatic hydroxyl groups excluding tert-OH is 1. The van der Waals surface area contributed by atoms with E-state index < -0.39 is 6.10 Å². The number of carbonyl (C=O) groups is 1. The third-order valence-corrected chi connectivity index (χ3v) is 4.01. The van der Waals surface area contributed by atoms with Crippen LogP contribution in [0.2, 0.25) is 0 Å². The average molecular weight is 258 g/mol. The Hall–Kier alpha value is -1.81. The first kappa shape index (κ1) is 12.2. The highest BCUT2D eigenvalue weighted by Gasteiger charge is 2.27. The molecule has 0 saturated carbocycles. The lowest BCUT2D eigenvalue weighted by atomic mass is 9.95. The van der Waals surface area contributed by atoms with E-state index in [-0.39, 0.29) is 11.8 Å². The highest BCUT2D eigenvalue weighted by molar-refractivity contribution is 5.98. The molecule has 1 aliphatic rings. The minimum absolute atomic E-state index is 0.00838. The Morgan fingerprint density at radius 1 is 1.42 bits per heavy atom. The van der Waals surface area contributed by atoms with E-state index in [1.807, 2.05) is 37.4 Å². The maximum Gasteiger partial charge on any atom is 0.253 e. The molecule has 100 valence electrons. The van der Waals surface area contributed by atoms with E-state index in [1.165, 1.54) is 0 Å². The highest BCUT2D eigenvalue weighted by atomic mass is 16.3. The topological polar surface area (TPSA) is 56.3 Å². The Morgan fingerprint density at radius 2 is 2.26 bits per heavy atom. The quantitative estimate of drug-likeness (QED) is 0.822. The predicted molar refractivity (Wildman–Crippen MR) is 74.0 cm³/mol.